The molecule has 2 N–H and O–H groups in total. The molecule has 0 saturated carbocycles. The van der Waals surface area contributed by atoms with Gasteiger partial charge in [-0.15, -0.1) is 0 Å². The molecular weight excluding hydrogens is 188 g/mol. The Morgan fingerprint density at radius 2 is 2.54 bits per heavy atom. The number of hydrogen-bond acceptors (Lipinski definition) is 4. The molecule has 5 heteroatoms. The van der Waals surface area contributed by atoms with Crippen LogP contribution in [0.1, 0.15) is 0 Å². The van der Waals surface area contributed by atoms with Crippen molar-refractivity contribution in [1.29, 1.82) is 0 Å². The summed E-state index contributed by atoms with van der Waals surface area (Å²) in [6, 6.07) is -0.333. The summed E-state index contributed by atoms with van der Waals surface area (Å²) >= 11 is 1.75. The Morgan fingerprint density at radius 1 is 1.77 bits per heavy atom. The van der Waals surface area contributed by atoms with Crippen molar-refractivity contribution in [3.05, 3.63) is 0 Å². The Labute approximate surface area is 82.7 Å². The molecule has 1 aliphatic rings. The molecule has 0 bridgehead atoms. The third-order valence-electron chi connectivity index (χ3n) is 2.22. The van der Waals surface area contributed by atoms with Crippen LogP contribution >= 0.6 is 11.8 Å². The van der Waals surface area contributed by atoms with Gasteiger partial charge in [0.2, 0.25) is 0 Å². The van der Waals surface area contributed by atoms with E-state index in [1.165, 1.54) is 0 Å². The summed E-state index contributed by atoms with van der Waals surface area (Å²) in [6.07, 6.45) is 2.04. The number of rotatable bonds is 4. The number of carboxylic acid groups (broad SMARTS) is 1. The predicted molar refractivity (Wildman–Crippen MR) is 54.2 cm³/mol. The molecule has 0 aromatic rings. The van der Waals surface area contributed by atoms with Gasteiger partial charge in [-0.1, -0.05) is 0 Å². The van der Waals surface area contributed by atoms with Crippen LogP contribution in [0, 0.1) is 0 Å². The van der Waals surface area contributed by atoms with Gasteiger partial charge < -0.3 is 10.4 Å². The topological polar surface area (TPSA) is 52.6 Å². The second kappa shape index (κ2) is 5.47. The molecule has 1 rings (SSSR count). The van der Waals surface area contributed by atoms with Gasteiger partial charge in [-0.05, 0) is 6.26 Å². The number of nitrogens with one attached hydrogen (secondary N) is 1. The zero-order valence-electron chi connectivity index (χ0n) is 7.82. The Bertz CT molecular complexity index is 178. The van der Waals surface area contributed by atoms with Crippen molar-refractivity contribution < 1.29 is 9.90 Å². The summed E-state index contributed by atoms with van der Waals surface area (Å²) in [6.45, 7) is 3.19. The van der Waals surface area contributed by atoms with E-state index >= 15 is 0 Å². The molecule has 1 atom stereocenters. The third kappa shape index (κ3) is 3.17. The molecule has 1 unspecified atom stereocenters. The van der Waals surface area contributed by atoms with Crippen LogP contribution in [0.15, 0.2) is 0 Å². The highest BCUT2D eigenvalue weighted by atomic mass is 32.2. The first kappa shape index (κ1) is 10.8. The zero-order chi connectivity index (χ0) is 9.68. The lowest BCUT2D eigenvalue weighted by molar-refractivity contribution is -0.143. The first-order valence-electron chi connectivity index (χ1n) is 4.42. The Balaban J connectivity index is 2.41. The summed E-state index contributed by atoms with van der Waals surface area (Å²) in [4.78, 5) is 12.9. The highest BCUT2D eigenvalue weighted by Crippen LogP contribution is 2.05. The molecule has 0 aromatic carbocycles. The van der Waals surface area contributed by atoms with E-state index in [9.17, 15) is 4.79 Å². The van der Waals surface area contributed by atoms with E-state index in [1.807, 2.05) is 11.2 Å². The number of nitrogens with zero attached hydrogens (tertiary/aromatic N) is 1. The van der Waals surface area contributed by atoms with E-state index in [4.69, 9.17) is 5.11 Å². The molecular formula is C8H16N2O2S. The molecule has 0 spiro atoms. The van der Waals surface area contributed by atoms with Crippen LogP contribution in [0.3, 0.4) is 0 Å². The molecule has 0 amide bonds. The van der Waals surface area contributed by atoms with E-state index in [0.29, 0.717) is 6.54 Å². The van der Waals surface area contributed by atoms with Gasteiger partial charge in [0, 0.05) is 31.9 Å². The van der Waals surface area contributed by atoms with E-state index in [-0.39, 0.29) is 6.04 Å². The summed E-state index contributed by atoms with van der Waals surface area (Å²) in [5, 5.41) is 12.0. The van der Waals surface area contributed by atoms with Crippen molar-refractivity contribution >= 4 is 17.7 Å². The fourth-order valence-corrected chi connectivity index (χ4v) is 1.88. The average Bonchev–Trinajstić information content (AvgIpc) is 2.15. The first-order valence-corrected chi connectivity index (χ1v) is 5.81. The largest absolute Gasteiger partial charge is 0.480 e. The van der Waals surface area contributed by atoms with E-state index < -0.39 is 5.97 Å². The summed E-state index contributed by atoms with van der Waals surface area (Å²) in [7, 11) is 0. The van der Waals surface area contributed by atoms with Crippen LogP contribution in [0.5, 0.6) is 0 Å². The fraction of sp³-hybridized carbons (Fsp3) is 0.875. The molecule has 4 nitrogen and oxygen atoms in total. The highest BCUT2D eigenvalue weighted by Gasteiger charge is 2.27. The molecule has 0 aromatic heterocycles. The normalized spacial score (nSPS) is 24.5. The maximum Gasteiger partial charge on any atom is 0.322 e. The van der Waals surface area contributed by atoms with Gasteiger partial charge in [0.1, 0.15) is 6.04 Å². The molecule has 0 aliphatic carbocycles. The fourth-order valence-electron chi connectivity index (χ4n) is 1.47. The van der Waals surface area contributed by atoms with E-state index in [1.54, 1.807) is 11.8 Å². The Morgan fingerprint density at radius 3 is 3.15 bits per heavy atom. The number of hydrogen-bond donors (Lipinski definition) is 2. The van der Waals surface area contributed by atoms with Crippen molar-refractivity contribution in [1.82, 2.24) is 10.2 Å². The van der Waals surface area contributed by atoms with Crippen molar-refractivity contribution in [2.24, 2.45) is 0 Å². The molecule has 76 valence electrons. The van der Waals surface area contributed by atoms with E-state index in [2.05, 4.69) is 5.32 Å². The van der Waals surface area contributed by atoms with E-state index in [0.717, 1.165) is 25.4 Å². The minimum atomic E-state index is -0.715. The molecule has 1 fully saturated rings. The number of carboxylic acids is 1. The third-order valence-corrected chi connectivity index (χ3v) is 2.81. The average molecular weight is 204 g/mol. The van der Waals surface area contributed by atoms with Gasteiger partial charge in [-0.2, -0.15) is 11.8 Å². The molecule has 1 aliphatic heterocycles. The van der Waals surface area contributed by atoms with Crippen LogP contribution in [0.25, 0.3) is 0 Å². The van der Waals surface area contributed by atoms with Gasteiger partial charge in [-0.25, -0.2) is 0 Å². The quantitative estimate of drug-likeness (QED) is 0.659. The molecule has 1 saturated heterocycles. The minimum Gasteiger partial charge on any atom is -0.480 e. The van der Waals surface area contributed by atoms with Crippen LogP contribution < -0.4 is 5.32 Å². The second-order valence-electron chi connectivity index (χ2n) is 3.09. The maximum atomic E-state index is 10.8. The van der Waals surface area contributed by atoms with Crippen molar-refractivity contribution in [3.8, 4) is 0 Å². The number of carbonyl (C=O) groups is 1. The molecule has 1 heterocycles. The number of piperazine rings is 1. The Hall–Kier alpha value is -0.260. The van der Waals surface area contributed by atoms with Crippen molar-refractivity contribution in [2.45, 2.75) is 6.04 Å². The summed E-state index contributed by atoms with van der Waals surface area (Å²) < 4.78 is 0. The van der Waals surface area contributed by atoms with Crippen LogP contribution in [-0.4, -0.2) is 60.2 Å². The van der Waals surface area contributed by atoms with Gasteiger partial charge in [0.25, 0.3) is 0 Å². The lowest BCUT2D eigenvalue weighted by Gasteiger charge is -2.33. The van der Waals surface area contributed by atoms with Crippen LogP contribution in [0.4, 0.5) is 0 Å². The van der Waals surface area contributed by atoms with Gasteiger partial charge in [0.15, 0.2) is 0 Å². The SMILES string of the molecule is CSCCN1CCNCC1C(=O)O. The summed E-state index contributed by atoms with van der Waals surface area (Å²) in [5.41, 5.74) is 0. The molecule has 13 heavy (non-hydrogen) atoms. The first-order chi connectivity index (χ1) is 6.25. The maximum absolute atomic E-state index is 10.8. The molecule has 0 radical (unpaired) electrons. The lowest BCUT2D eigenvalue weighted by Crippen LogP contribution is -2.55. The van der Waals surface area contributed by atoms with Gasteiger partial charge in [0.05, 0.1) is 0 Å². The van der Waals surface area contributed by atoms with Gasteiger partial charge in [-0.3, -0.25) is 9.69 Å². The number of aliphatic carboxylic acids is 1. The zero-order valence-corrected chi connectivity index (χ0v) is 8.64. The number of thioether (sulfide) groups is 1. The van der Waals surface area contributed by atoms with Gasteiger partial charge >= 0.3 is 5.97 Å². The van der Waals surface area contributed by atoms with Crippen molar-refractivity contribution in [3.63, 3.8) is 0 Å². The van der Waals surface area contributed by atoms with Crippen molar-refractivity contribution in [2.75, 3.05) is 38.2 Å². The Kier molecular flexibility index (Phi) is 4.55. The minimum absolute atomic E-state index is 0.333. The smallest absolute Gasteiger partial charge is 0.322 e. The standard InChI is InChI=1S/C8H16N2O2S/c1-13-5-4-10-3-2-9-6-7(10)8(11)12/h7,9H,2-6H2,1H3,(H,11,12). The predicted octanol–water partition coefficient (Wildman–Crippen LogP) is -0.292. The monoisotopic (exact) mass is 204 g/mol. The van der Waals surface area contributed by atoms with Crippen LogP contribution in [0.2, 0.25) is 0 Å². The lowest BCUT2D eigenvalue weighted by atomic mass is 10.2. The summed E-state index contributed by atoms with van der Waals surface area (Å²) in [5.74, 6) is 0.289. The highest BCUT2D eigenvalue weighted by molar-refractivity contribution is 7.98. The van der Waals surface area contributed by atoms with Crippen LogP contribution in [-0.2, 0) is 4.79 Å². The second-order valence-corrected chi connectivity index (χ2v) is 4.07.